The first-order chi connectivity index (χ1) is 8.90. The fourth-order valence-corrected chi connectivity index (χ4v) is 3.28. The van der Waals surface area contributed by atoms with Crippen molar-refractivity contribution in [1.82, 2.24) is 9.97 Å². The smallest absolute Gasteiger partial charge is 0.163 e. The lowest BCUT2D eigenvalue weighted by Gasteiger charge is -2.12. The van der Waals surface area contributed by atoms with E-state index in [-0.39, 0.29) is 5.92 Å². The zero-order chi connectivity index (χ0) is 14.2. The molecule has 1 aromatic carbocycles. The molecule has 19 heavy (non-hydrogen) atoms. The maximum atomic E-state index is 6.24. The van der Waals surface area contributed by atoms with Crippen LogP contribution in [0.3, 0.4) is 0 Å². The average molecular weight is 453 g/mol. The molecule has 0 fully saturated rings. The third kappa shape index (κ3) is 3.20. The van der Waals surface area contributed by atoms with Gasteiger partial charge in [-0.2, -0.15) is 0 Å². The highest BCUT2D eigenvalue weighted by atomic mass is 127. The molecular weight excluding hydrogens is 440 g/mol. The molecule has 6 heteroatoms. The third-order valence-electron chi connectivity index (χ3n) is 2.62. The first-order valence-corrected chi connectivity index (χ1v) is 7.93. The molecule has 0 atom stereocenters. The van der Waals surface area contributed by atoms with Crippen LogP contribution in [-0.4, -0.2) is 9.97 Å². The molecule has 0 radical (unpaired) electrons. The Morgan fingerprint density at radius 2 is 2.00 bits per heavy atom. The van der Waals surface area contributed by atoms with E-state index in [0.717, 1.165) is 19.3 Å². The van der Waals surface area contributed by atoms with Crippen molar-refractivity contribution in [2.45, 2.75) is 19.8 Å². The van der Waals surface area contributed by atoms with E-state index >= 15 is 0 Å². The zero-order valence-corrected chi connectivity index (χ0v) is 14.9. The Bertz CT molecular complexity index is 632. The first-order valence-electron chi connectivity index (χ1n) is 5.68. The fourth-order valence-electron chi connectivity index (χ4n) is 1.66. The van der Waals surface area contributed by atoms with E-state index in [2.05, 4.69) is 62.3 Å². The Labute approximate surface area is 139 Å². The van der Waals surface area contributed by atoms with Crippen LogP contribution in [0.1, 0.15) is 25.5 Å². The Hall–Kier alpha value is -0.400. The number of nitrogens with zero attached hydrogens (tertiary/aromatic N) is 2. The number of halogens is 3. The highest BCUT2D eigenvalue weighted by Gasteiger charge is 2.15. The van der Waals surface area contributed by atoms with Crippen LogP contribution in [0.5, 0.6) is 0 Å². The van der Waals surface area contributed by atoms with E-state index in [1.54, 1.807) is 0 Å². The molecule has 1 heterocycles. The van der Waals surface area contributed by atoms with Crippen LogP contribution < -0.4 is 5.73 Å². The van der Waals surface area contributed by atoms with Crippen LogP contribution >= 0.6 is 50.1 Å². The molecule has 3 nitrogen and oxygen atoms in total. The summed E-state index contributed by atoms with van der Waals surface area (Å²) in [5, 5.41) is 0.602. The van der Waals surface area contributed by atoms with Crippen molar-refractivity contribution >= 4 is 55.9 Å². The van der Waals surface area contributed by atoms with Crippen LogP contribution in [0.4, 0.5) is 5.82 Å². The summed E-state index contributed by atoms with van der Waals surface area (Å²) in [7, 11) is 0. The van der Waals surface area contributed by atoms with Crippen molar-refractivity contribution in [3.05, 3.63) is 37.0 Å². The Balaban J connectivity index is 2.63. The highest BCUT2D eigenvalue weighted by molar-refractivity contribution is 14.1. The van der Waals surface area contributed by atoms with Gasteiger partial charge in [-0.25, -0.2) is 9.97 Å². The van der Waals surface area contributed by atoms with Crippen molar-refractivity contribution in [2.24, 2.45) is 0 Å². The van der Waals surface area contributed by atoms with Gasteiger partial charge in [-0.05, 0) is 46.7 Å². The van der Waals surface area contributed by atoms with Crippen molar-refractivity contribution in [1.29, 1.82) is 0 Å². The monoisotopic (exact) mass is 451 g/mol. The van der Waals surface area contributed by atoms with Gasteiger partial charge in [0.2, 0.25) is 0 Å². The largest absolute Gasteiger partial charge is 0.383 e. The molecule has 2 aromatic rings. The molecule has 0 amide bonds. The number of hydrogen-bond donors (Lipinski definition) is 1. The standard InChI is InChI=1S/C13H12BrClIN3/c1-6(2)11-10(16)12(17)19-13(18-11)8-4-3-7(14)5-9(8)15/h3-6H,1-2H3,(H2,17,18,19). The first kappa shape index (κ1) is 15.0. The second-order valence-electron chi connectivity index (χ2n) is 4.41. The van der Waals surface area contributed by atoms with Gasteiger partial charge in [0.1, 0.15) is 5.82 Å². The molecule has 2 rings (SSSR count). The van der Waals surface area contributed by atoms with Crippen molar-refractivity contribution in [2.75, 3.05) is 5.73 Å². The van der Waals surface area contributed by atoms with Gasteiger partial charge in [0.25, 0.3) is 0 Å². The third-order valence-corrected chi connectivity index (χ3v) is 4.53. The van der Waals surface area contributed by atoms with Gasteiger partial charge in [0.15, 0.2) is 5.82 Å². The maximum absolute atomic E-state index is 6.24. The molecule has 0 unspecified atom stereocenters. The molecule has 0 saturated heterocycles. The van der Waals surface area contributed by atoms with Crippen molar-refractivity contribution in [3.8, 4) is 11.4 Å². The summed E-state index contributed by atoms with van der Waals surface area (Å²) in [5.74, 6) is 1.34. The average Bonchev–Trinajstić information content (AvgIpc) is 2.32. The van der Waals surface area contributed by atoms with E-state index < -0.39 is 0 Å². The summed E-state index contributed by atoms with van der Waals surface area (Å²) < 4.78 is 1.83. The van der Waals surface area contributed by atoms with Crippen LogP contribution in [0.25, 0.3) is 11.4 Å². The fraction of sp³-hybridized carbons (Fsp3) is 0.231. The lowest BCUT2D eigenvalue weighted by atomic mass is 10.1. The van der Waals surface area contributed by atoms with Crippen molar-refractivity contribution in [3.63, 3.8) is 0 Å². The number of hydrogen-bond acceptors (Lipinski definition) is 3. The van der Waals surface area contributed by atoms with Gasteiger partial charge in [-0.15, -0.1) is 0 Å². The van der Waals surface area contributed by atoms with E-state index in [1.807, 2.05) is 18.2 Å². The van der Waals surface area contributed by atoms with Crippen LogP contribution in [0.2, 0.25) is 5.02 Å². The highest BCUT2D eigenvalue weighted by Crippen LogP contribution is 2.31. The van der Waals surface area contributed by atoms with Gasteiger partial charge in [-0.3, -0.25) is 0 Å². The zero-order valence-electron chi connectivity index (χ0n) is 10.4. The van der Waals surface area contributed by atoms with Gasteiger partial charge in [0.05, 0.1) is 14.3 Å². The molecule has 0 aliphatic carbocycles. The molecular formula is C13H12BrClIN3. The minimum absolute atomic E-state index is 0.283. The summed E-state index contributed by atoms with van der Waals surface area (Å²) >= 11 is 11.8. The van der Waals surface area contributed by atoms with E-state index in [0.29, 0.717) is 16.7 Å². The minimum atomic E-state index is 0.283. The summed E-state index contributed by atoms with van der Waals surface area (Å²) in [4.78, 5) is 8.93. The molecule has 0 saturated carbocycles. The molecule has 1 aromatic heterocycles. The number of rotatable bonds is 2. The van der Waals surface area contributed by atoms with E-state index in [9.17, 15) is 0 Å². The van der Waals surface area contributed by atoms with E-state index in [4.69, 9.17) is 17.3 Å². The number of anilines is 1. The lowest BCUT2D eigenvalue weighted by Crippen LogP contribution is -2.06. The second-order valence-corrected chi connectivity index (χ2v) is 6.81. The van der Waals surface area contributed by atoms with Crippen molar-refractivity contribution < 1.29 is 0 Å². The van der Waals surface area contributed by atoms with Gasteiger partial charge >= 0.3 is 0 Å². The Kier molecular flexibility index (Phi) is 4.68. The number of aromatic nitrogens is 2. The summed E-state index contributed by atoms with van der Waals surface area (Å²) in [5.41, 5.74) is 7.70. The summed E-state index contributed by atoms with van der Waals surface area (Å²) in [6.45, 7) is 4.16. The Morgan fingerprint density at radius 3 is 2.58 bits per heavy atom. The second kappa shape index (κ2) is 5.93. The van der Waals surface area contributed by atoms with Gasteiger partial charge < -0.3 is 5.73 Å². The summed E-state index contributed by atoms with van der Waals surface area (Å²) in [6, 6.07) is 5.62. The van der Waals surface area contributed by atoms with Crippen LogP contribution in [-0.2, 0) is 0 Å². The lowest BCUT2D eigenvalue weighted by molar-refractivity contribution is 0.810. The topological polar surface area (TPSA) is 51.8 Å². The summed E-state index contributed by atoms with van der Waals surface area (Å²) in [6.07, 6.45) is 0. The number of nitrogens with two attached hydrogens (primary N) is 1. The predicted octanol–water partition coefficient (Wildman–Crippen LogP) is 4.87. The molecule has 0 aliphatic heterocycles. The number of nitrogen functional groups attached to an aromatic ring is 1. The minimum Gasteiger partial charge on any atom is -0.383 e. The predicted molar refractivity (Wildman–Crippen MR) is 91.4 cm³/mol. The SMILES string of the molecule is CC(C)c1nc(-c2ccc(Br)cc2Cl)nc(N)c1I. The van der Waals surface area contributed by atoms with Gasteiger partial charge in [0, 0.05) is 10.0 Å². The normalized spacial score (nSPS) is 11.1. The Morgan fingerprint density at radius 1 is 1.32 bits per heavy atom. The van der Waals surface area contributed by atoms with Gasteiger partial charge in [-0.1, -0.05) is 41.4 Å². The molecule has 0 spiro atoms. The van der Waals surface area contributed by atoms with Crippen LogP contribution in [0, 0.1) is 3.57 Å². The molecule has 100 valence electrons. The van der Waals surface area contributed by atoms with Crippen LogP contribution in [0.15, 0.2) is 22.7 Å². The van der Waals surface area contributed by atoms with E-state index in [1.165, 1.54) is 0 Å². The molecule has 0 bridgehead atoms. The maximum Gasteiger partial charge on any atom is 0.163 e. The number of benzene rings is 1. The molecule has 2 N–H and O–H groups in total. The quantitative estimate of drug-likeness (QED) is 0.662. The molecule has 0 aliphatic rings.